The fourth-order valence-corrected chi connectivity index (χ4v) is 2.41. The van der Waals surface area contributed by atoms with Gasteiger partial charge in [-0.15, -0.1) is 0 Å². The Bertz CT molecular complexity index is 647. The van der Waals surface area contributed by atoms with Crippen LogP contribution in [-0.4, -0.2) is 42.0 Å². The summed E-state index contributed by atoms with van der Waals surface area (Å²) in [5.41, 5.74) is 1.10. The van der Waals surface area contributed by atoms with E-state index in [9.17, 15) is 22.8 Å². The maximum atomic E-state index is 12.3. The second kappa shape index (κ2) is 7.73. The fraction of sp³-hybridized carbons (Fsp3) is 0.500. The van der Waals surface area contributed by atoms with Crippen molar-refractivity contribution in [1.82, 2.24) is 5.32 Å². The number of hydrogen-bond donors (Lipinski definition) is 2. The van der Waals surface area contributed by atoms with Crippen LogP contribution >= 0.6 is 0 Å². The summed E-state index contributed by atoms with van der Waals surface area (Å²) in [7, 11) is 0. The van der Waals surface area contributed by atoms with Crippen molar-refractivity contribution in [3.8, 4) is 5.75 Å². The summed E-state index contributed by atoms with van der Waals surface area (Å²) in [6, 6.07) is 4.71. The van der Waals surface area contributed by atoms with E-state index in [1.54, 1.807) is 19.1 Å². The third-order valence-corrected chi connectivity index (χ3v) is 3.65. The van der Waals surface area contributed by atoms with Crippen LogP contribution in [0.25, 0.3) is 0 Å². The number of carbonyl (C=O) groups excluding carboxylic acids is 1. The number of aryl methyl sites for hydroxylation is 1. The summed E-state index contributed by atoms with van der Waals surface area (Å²) in [6.45, 7) is 0.231. The Morgan fingerprint density at radius 3 is 2.60 bits per heavy atom. The van der Waals surface area contributed by atoms with Gasteiger partial charge in [0.1, 0.15) is 11.9 Å². The van der Waals surface area contributed by atoms with Crippen LogP contribution in [0.3, 0.4) is 0 Å². The molecule has 0 aromatic heterocycles. The lowest BCUT2D eigenvalue weighted by Crippen LogP contribution is -2.35. The first-order chi connectivity index (χ1) is 11.7. The van der Waals surface area contributed by atoms with Gasteiger partial charge in [-0.2, -0.15) is 13.2 Å². The minimum atomic E-state index is -4.46. The number of carboxylic acids is 1. The van der Waals surface area contributed by atoms with Crippen LogP contribution in [0, 0.1) is 6.92 Å². The molecule has 0 radical (unpaired) electrons. The molecule has 25 heavy (non-hydrogen) atoms. The third kappa shape index (κ3) is 5.63. The molecule has 2 N–H and O–H groups in total. The van der Waals surface area contributed by atoms with Gasteiger partial charge in [-0.1, -0.05) is 12.1 Å². The molecule has 1 saturated heterocycles. The molecule has 138 valence electrons. The smallest absolute Gasteiger partial charge is 0.422 e. The fourth-order valence-electron chi connectivity index (χ4n) is 2.41. The molecule has 1 aromatic carbocycles. The van der Waals surface area contributed by atoms with Crippen LogP contribution in [0.4, 0.5) is 13.2 Å². The van der Waals surface area contributed by atoms with E-state index in [0.29, 0.717) is 5.56 Å². The molecule has 1 fully saturated rings. The number of ether oxygens (including phenoxy) is 2. The van der Waals surface area contributed by atoms with Gasteiger partial charge < -0.3 is 19.9 Å². The van der Waals surface area contributed by atoms with E-state index in [4.69, 9.17) is 14.6 Å². The average Bonchev–Trinajstić information content (AvgIpc) is 3.01. The van der Waals surface area contributed by atoms with Gasteiger partial charge in [-0.05, 0) is 31.4 Å². The largest absolute Gasteiger partial charge is 0.484 e. The molecule has 2 rings (SSSR count). The number of halogens is 3. The standard InChI is InChI=1S/C16H18F3NO5/c1-9-2-3-10(13(6-9)24-8-16(17,18)19)7-20-14(21)11-4-5-12(25-11)15(22)23/h2-3,6,11-12H,4-5,7-8H2,1H3,(H,20,21)(H,22,23)/t11-,12+/m0/s1. The summed E-state index contributed by atoms with van der Waals surface area (Å²) in [4.78, 5) is 22.8. The second-order valence-corrected chi connectivity index (χ2v) is 5.76. The number of carboxylic acid groups (broad SMARTS) is 1. The number of benzene rings is 1. The van der Waals surface area contributed by atoms with Crippen LogP contribution in [-0.2, 0) is 20.9 Å². The van der Waals surface area contributed by atoms with Gasteiger partial charge >= 0.3 is 12.1 Å². The van der Waals surface area contributed by atoms with E-state index >= 15 is 0 Å². The van der Waals surface area contributed by atoms with Crippen molar-refractivity contribution in [3.63, 3.8) is 0 Å². The Balaban J connectivity index is 1.96. The number of amides is 1. The van der Waals surface area contributed by atoms with Crippen LogP contribution in [0.1, 0.15) is 24.0 Å². The Labute approximate surface area is 141 Å². The highest BCUT2D eigenvalue weighted by Crippen LogP contribution is 2.24. The van der Waals surface area contributed by atoms with Crippen LogP contribution in [0.15, 0.2) is 18.2 Å². The molecule has 1 heterocycles. The van der Waals surface area contributed by atoms with E-state index in [0.717, 1.165) is 5.56 Å². The molecule has 0 spiro atoms. The molecule has 0 unspecified atom stereocenters. The van der Waals surface area contributed by atoms with Crippen molar-refractivity contribution in [3.05, 3.63) is 29.3 Å². The third-order valence-electron chi connectivity index (χ3n) is 3.65. The van der Waals surface area contributed by atoms with Crippen molar-refractivity contribution >= 4 is 11.9 Å². The van der Waals surface area contributed by atoms with E-state index in [2.05, 4.69) is 5.32 Å². The first kappa shape index (κ1) is 19.0. The highest BCUT2D eigenvalue weighted by molar-refractivity contribution is 5.82. The van der Waals surface area contributed by atoms with Gasteiger partial charge in [0, 0.05) is 12.1 Å². The monoisotopic (exact) mass is 361 g/mol. The molecule has 9 heteroatoms. The maximum absolute atomic E-state index is 12.3. The second-order valence-electron chi connectivity index (χ2n) is 5.76. The molecule has 1 aliphatic heterocycles. The molecular weight excluding hydrogens is 343 g/mol. The number of aliphatic carboxylic acids is 1. The lowest BCUT2D eigenvalue weighted by molar-refractivity contribution is -0.154. The minimum Gasteiger partial charge on any atom is -0.484 e. The van der Waals surface area contributed by atoms with Gasteiger partial charge in [-0.3, -0.25) is 4.79 Å². The van der Waals surface area contributed by atoms with Crippen molar-refractivity contribution < 1.29 is 37.3 Å². The molecule has 2 atom stereocenters. The van der Waals surface area contributed by atoms with E-state index in [-0.39, 0.29) is 25.1 Å². The quantitative estimate of drug-likeness (QED) is 0.811. The van der Waals surface area contributed by atoms with E-state index < -0.39 is 36.9 Å². The Hall–Kier alpha value is -2.29. The summed E-state index contributed by atoms with van der Waals surface area (Å²) in [6.07, 6.45) is -5.85. The van der Waals surface area contributed by atoms with Crippen LogP contribution in [0.2, 0.25) is 0 Å². The number of nitrogens with one attached hydrogen (secondary N) is 1. The predicted molar refractivity (Wildman–Crippen MR) is 80.1 cm³/mol. The van der Waals surface area contributed by atoms with Crippen molar-refractivity contribution in [2.45, 2.75) is 44.7 Å². The van der Waals surface area contributed by atoms with Gasteiger partial charge in [0.25, 0.3) is 0 Å². The molecule has 0 saturated carbocycles. The highest BCUT2D eigenvalue weighted by Gasteiger charge is 2.34. The SMILES string of the molecule is Cc1ccc(CNC(=O)[C@@H]2CC[C@H](C(=O)O)O2)c(OCC(F)(F)F)c1. The molecule has 0 bridgehead atoms. The van der Waals surface area contributed by atoms with Crippen molar-refractivity contribution in [2.24, 2.45) is 0 Å². The maximum Gasteiger partial charge on any atom is 0.422 e. The summed E-state index contributed by atoms with van der Waals surface area (Å²) in [5, 5.41) is 11.4. The zero-order valence-electron chi connectivity index (χ0n) is 13.4. The van der Waals surface area contributed by atoms with Crippen LogP contribution in [0.5, 0.6) is 5.75 Å². The van der Waals surface area contributed by atoms with Gasteiger partial charge in [-0.25, -0.2) is 4.79 Å². The highest BCUT2D eigenvalue weighted by atomic mass is 19.4. The summed E-state index contributed by atoms with van der Waals surface area (Å²) >= 11 is 0. The minimum absolute atomic E-state index is 0.0355. The van der Waals surface area contributed by atoms with Gasteiger partial charge in [0.2, 0.25) is 5.91 Å². The summed E-state index contributed by atoms with van der Waals surface area (Å²) < 4.78 is 46.9. The molecule has 0 aliphatic carbocycles. The zero-order chi connectivity index (χ0) is 18.6. The number of alkyl halides is 3. The summed E-state index contributed by atoms with van der Waals surface area (Å²) in [5.74, 6) is -1.60. The van der Waals surface area contributed by atoms with Gasteiger partial charge in [0.15, 0.2) is 12.7 Å². The number of carbonyl (C=O) groups is 2. The zero-order valence-corrected chi connectivity index (χ0v) is 13.4. The lowest BCUT2D eigenvalue weighted by atomic mass is 10.1. The molecule has 1 aliphatic rings. The lowest BCUT2D eigenvalue weighted by Gasteiger charge is -2.16. The Morgan fingerprint density at radius 2 is 2.00 bits per heavy atom. The average molecular weight is 361 g/mol. The van der Waals surface area contributed by atoms with Crippen molar-refractivity contribution in [1.29, 1.82) is 0 Å². The molecule has 6 nitrogen and oxygen atoms in total. The van der Waals surface area contributed by atoms with E-state index in [1.807, 2.05) is 0 Å². The molecule has 1 aromatic rings. The number of hydrogen-bond acceptors (Lipinski definition) is 4. The topological polar surface area (TPSA) is 84.9 Å². The Kier molecular flexibility index (Phi) is 5.89. The normalized spacial score (nSPS) is 20.3. The molecular formula is C16H18F3NO5. The first-order valence-electron chi connectivity index (χ1n) is 7.61. The Morgan fingerprint density at radius 1 is 1.32 bits per heavy atom. The number of rotatable bonds is 6. The first-order valence-corrected chi connectivity index (χ1v) is 7.61. The van der Waals surface area contributed by atoms with Gasteiger partial charge in [0.05, 0.1) is 0 Å². The van der Waals surface area contributed by atoms with Crippen molar-refractivity contribution in [2.75, 3.05) is 6.61 Å². The van der Waals surface area contributed by atoms with E-state index in [1.165, 1.54) is 6.07 Å². The van der Waals surface area contributed by atoms with Crippen LogP contribution < -0.4 is 10.1 Å². The predicted octanol–water partition coefficient (Wildman–Crippen LogP) is 2.18. The molecule has 1 amide bonds.